The minimum Gasteiger partial charge on any atom is -0.507 e. The van der Waals surface area contributed by atoms with Gasteiger partial charge in [-0.3, -0.25) is 9.69 Å². The summed E-state index contributed by atoms with van der Waals surface area (Å²) in [4.78, 5) is 15.1. The predicted octanol–water partition coefficient (Wildman–Crippen LogP) is 2.92. The van der Waals surface area contributed by atoms with Crippen LogP contribution in [-0.4, -0.2) is 53.8 Å². The first-order chi connectivity index (χ1) is 11.5. The van der Waals surface area contributed by atoms with Gasteiger partial charge in [0, 0.05) is 30.2 Å². The van der Waals surface area contributed by atoms with Crippen molar-refractivity contribution in [2.75, 3.05) is 26.3 Å². The number of hydrogen-bond acceptors (Lipinski definition) is 4. The number of phenols is 1. The minimum absolute atomic E-state index is 0.0247. The van der Waals surface area contributed by atoms with E-state index in [1.807, 2.05) is 0 Å². The van der Waals surface area contributed by atoms with Gasteiger partial charge in [-0.1, -0.05) is 12.8 Å². The SMILES string of the molecule is C[C@H](NC(=O)c1ccc(Br)c(O)c1)C1(N2CCOCC2)CCCC1. The summed E-state index contributed by atoms with van der Waals surface area (Å²) in [6.07, 6.45) is 4.63. The van der Waals surface area contributed by atoms with Crippen LogP contribution in [0.5, 0.6) is 5.75 Å². The van der Waals surface area contributed by atoms with E-state index in [-0.39, 0.29) is 23.2 Å². The number of rotatable bonds is 4. The molecule has 0 spiro atoms. The minimum atomic E-state index is -0.134. The molecule has 0 radical (unpaired) electrons. The summed E-state index contributed by atoms with van der Waals surface area (Å²) in [6, 6.07) is 4.98. The molecule has 0 bridgehead atoms. The van der Waals surface area contributed by atoms with Crippen molar-refractivity contribution in [3.05, 3.63) is 28.2 Å². The smallest absolute Gasteiger partial charge is 0.251 e. The second-order valence-corrected chi connectivity index (χ2v) is 7.63. The first kappa shape index (κ1) is 17.7. The van der Waals surface area contributed by atoms with Crippen LogP contribution in [0.4, 0.5) is 0 Å². The Morgan fingerprint density at radius 2 is 2.00 bits per heavy atom. The van der Waals surface area contributed by atoms with E-state index in [0.717, 1.165) is 39.1 Å². The molecule has 1 atom stereocenters. The van der Waals surface area contributed by atoms with Gasteiger partial charge in [0.25, 0.3) is 5.91 Å². The molecule has 1 amide bonds. The van der Waals surface area contributed by atoms with Crippen LogP contribution in [0.25, 0.3) is 0 Å². The molecule has 5 nitrogen and oxygen atoms in total. The first-order valence-electron chi connectivity index (χ1n) is 8.65. The monoisotopic (exact) mass is 396 g/mol. The Morgan fingerprint density at radius 1 is 1.33 bits per heavy atom. The fourth-order valence-corrected chi connectivity index (χ4v) is 4.33. The number of aromatic hydroxyl groups is 1. The summed E-state index contributed by atoms with van der Waals surface area (Å²) in [7, 11) is 0. The van der Waals surface area contributed by atoms with Gasteiger partial charge in [0.15, 0.2) is 0 Å². The number of nitrogens with one attached hydrogen (secondary N) is 1. The third kappa shape index (κ3) is 3.46. The molecule has 6 heteroatoms. The largest absolute Gasteiger partial charge is 0.507 e. The molecule has 0 unspecified atom stereocenters. The third-order valence-corrected chi connectivity index (χ3v) is 6.14. The Bertz CT molecular complexity index is 596. The Hall–Kier alpha value is -1.11. The zero-order valence-corrected chi connectivity index (χ0v) is 15.6. The van der Waals surface area contributed by atoms with Crippen molar-refractivity contribution in [1.29, 1.82) is 0 Å². The molecule has 3 rings (SSSR count). The van der Waals surface area contributed by atoms with Gasteiger partial charge in [-0.2, -0.15) is 0 Å². The number of carbonyl (C=O) groups excluding carboxylic acids is 1. The van der Waals surface area contributed by atoms with Gasteiger partial charge in [-0.25, -0.2) is 0 Å². The quantitative estimate of drug-likeness (QED) is 0.820. The number of phenolic OH excluding ortho intramolecular Hbond substituents is 1. The lowest BCUT2D eigenvalue weighted by atomic mass is 9.86. The first-order valence-corrected chi connectivity index (χ1v) is 9.44. The van der Waals surface area contributed by atoms with Crippen molar-refractivity contribution >= 4 is 21.8 Å². The third-order valence-electron chi connectivity index (χ3n) is 5.47. The van der Waals surface area contributed by atoms with Crippen LogP contribution in [0.1, 0.15) is 43.0 Å². The average Bonchev–Trinajstić information content (AvgIpc) is 3.09. The Morgan fingerprint density at radius 3 is 2.62 bits per heavy atom. The number of nitrogens with zero attached hydrogens (tertiary/aromatic N) is 1. The zero-order chi connectivity index (χ0) is 17.2. The molecule has 2 aliphatic rings. The van der Waals surface area contributed by atoms with Crippen molar-refractivity contribution < 1.29 is 14.6 Å². The second-order valence-electron chi connectivity index (χ2n) is 6.77. The summed E-state index contributed by atoms with van der Waals surface area (Å²) in [6.45, 7) is 5.50. The number of amides is 1. The molecule has 2 fully saturated rings. The van der Waals surface area contributed by atoms with Crippen LogP contribution in [0.15, 0.2) is 22.7 Å². The lowest BCUT2D eigenvalue weighted by molar-refractivity contribution is -0.0323. The summed E-state index contributed by atoms with van der Waals surface area (Å²) >= 11 is 3.24. The summed E-state index contributed by atoms with van der Waals surface area (Å²) < 4.78 is 6.09. The van der Waals surface area contributed by atoms with Gasteiger partial charge >= 0.3 is 0 Å². The Kier molecular flexibility index (Phi) is 5.47. The van der Waals surface area contributed by atoms with Crippen LogP contribution in [-0.2, 0) is 4.74 Å². The highest BCUT2D eigenvalue weighted by Crippen LogP contribution is 2.38. The van der Waals surface area contributed by atoms with Crippen molar-refractivity contribution in [2.45, 2.75) is 44.2 Å². The van der Waals surface area contributed by atoms with Crippen LogP contribution < -0.4 is 5.32 Å². The average molecular weight is 397 g/mol. The van der Waals surface area contributed by atoms with Gasteiger partial charge in [0.05, 0.1) is 17.7 Å². The number of halogens is 1. The van der Waals surface area contributed by atoms with Gasteiger partial charge in [-0.05, 0) is 53.9 Å². The van der Waals surface area contributed by atoms with Crippen molar-refractivity contribution in [2.24, 2.45) is 0 Å². The van der Waals surface area contributed by atoms with Crippen LogP contribution >= 0.6 is 15.9 Å². The molecule has 132 valence electrons. The second kappa shape index (κ2) is 7.42. The molecule has 1 aromatic rings. The molecule has 1 aromatic carbocycles. The van der Waals surface area contributed by atoms with Crippen molar-refractivity contribution in [1.82, 2.24) is 10.2 Å². The van der Waals surface area contributed by atoms with E-state index >= 15 is 0 Å². The van der Waals surface area contributed by atoms with E-state index in [1.54, 1.807) is 12.1 Å². The molecule has 1 saturated heterocycles. The molecule has 2 N–H and O–H groups in total. The highest BCUT2D eigenvalue weighted by atomic mass is 79.9. The van der Waals surface area contributed by atoms with E-state index in [0.29, 0.717) is 10.0 Å². The molecule has 1 aliphatic carbocycles. The van der Waals surface area contributed by atoms with Crippen molar-refractivity contribution in [3.8, 4) is 5.75 Å². The normalized spacial score (nSPS) is 22.2. The van der Waals surface area contributed by atoms with Gasteiger partial charge < -0.3 is 15.2 Å². The summed E-state index contributed by atoms with van der Waals surface area (Å²) in [5.41, 5.74) is 0.509. The van der Waals surface area contributed by atoms with Crippen LogP contribution in [0, 0.1) is 0 Å². The van der Waals surface area contributed by atoms with E-state index in [4.69, 9.17) is 4.74 Å². The molecule has 0 aromatic heterocycles. The predicted molar refractivity (Wildman–Crippen MR) is 96.3 cm³/mol. The maximum absolute atomic E-state index is 12.6. The van der Waals surface area contributed by atoms with Crippen LogP contribution in [0.3, 0.4) is 0 Å². The fraction of sp³-hybridized carbons (Fsp3) is 0.611. The molecule has 1 aliphatic heterocycles. The fourth-order valence-electron chi connectivity index (χ4n) is 4.09. The highest BCUT2D eigenvalue weighted by Gasteiger charge is 2.45. The lowest BCUT2D eigenvalue weighted by Crippen LogP contribution is -2.62. The van der Waals surface area contributed by atoms with Crippen LogP contribution in [0.2, 0.25) is 0 Å². The van der Waals surface area contributed by atoms with E-state index in [9.17, 15) is 9.90 Å². The topological polar surface area (TPSA) is 61.8 Å². The Labute approximate surface area is 151 Å². The van der Waals surface area contributed by atoms with E-state index in [2.05, 4.69) is 33.1 Å². The number of morpholine rings is 1. The Balaban J connectivity index is 1.74. The number of carbonyl (C=O) groups is 1. The van der Waals surface area contributed by atoms with Gasteiger partial charge in [0.1, 0.15) is 5.75 Å². The molecular weight excluding hydrogens is 372 g/mol. The highest BCUT2D eigenvalue weighted by molar-refractivity contribution is 9.10. The van der Waals surface area contributed by atoms with E-state index < -0.39 is 0 Å². The molecule has 24 heavy (non-hydrogen) atoms. The summed E-state index contributed by atoms with van der Waals surface area (Å²) in [5, 5.41) is 13.0. The van der Waals surface area contributed by atoms with Gasteiger partial charge in [0.2, 0.25) is 0 Å². The maximum atomic E-state index is 12.6. The standard InChI is InChI=1S/C18H25BrN2O3/c1-13(20-17(23)14-4-5-15(19)16(22)12-14)18(6-2-3-7-18)21-8-10-24-11-9-21/h4-5,12-13,22H,2-3,6-11H2,1H3,(H,20,23)/t13-/m0/s1. The summed E-state index contributed by atoms with van der Waals surface area (Å²) in [5.74, 6) is -0.0519. The van der Waals surface area contributed by atoms with Crippen molar-refractivity contribution in [3.63, 3.8) is 0 Å². The van der Waals surface area contributed by atoms with E-state index in [1.165, 1.54) is 18.9 Å². The molecule has 1 heterocycles. The molecular formula is C18H25BrN2O3. The van der Waals surface area contributed by atoms with Gasteiger partial charge in [-0.15, -0.1) is 0 Å². The maximum Gasteiger partial charge on any atom is 0.251 e. The zero-order valence-electron chi connectivity index (χ0n) is 14.1. The number of hydrogen-bond donors (Lipinski definition) is 2. The molecule has 1 saturated carbocycles. The lowest BCUT2D eigenvalue weighted by Gasteiger charge is -2.47. The number of ether oxygens (including phenoxy) is 1. The number of benzene rings is 1.